The minimum atomic E-state index is -0.464. The van der Waals surface area contributed by atoms with E-state index in [4.69, 9.17) is 10.2 Å². The van der Waals surface area contributed by atoms with E-state index in [9.17, 15) is 4.79 Å². The van der Waals surface area contributed by atoms with E-state index < -0.39 is 5.91 Å². The van der Waals surface area contributed by atoms with E-state index in [0.29, 0.717) is 22.5 Å². The quantitative estimate of drug-likeness (QED) is 0.878. The van der Waals surface area contributed by atoms with E-state index in [1.807, 2.05) is 12.1 Å². The van der Waals surface area contributed by atoms with Crippen LogP contribution in [0.3, 0.4) is 0 Å². The Labute approximate surface area is 135 Å². The molecule has 1 heterocycles. The van der Waals surface area contributed by atoms with Gasteiger partial charge in [0.1, 0.15) is 11.3 Å². The van der Waals surface area contributed by atoms with Crippen LogP contribution in [-0.2, 0) is 6.42 Å². The van der Waals surface area contributed by atoms with Crippen LogP contribution in [0.1, 0.15) is 42.5 Å². The van der Waals surface area contributed by atoms with Crippen LogP contribution >= 0.6 is 0 Å². The molecule has 1 amide bonds. The number of carbonyl (C=O) groups excluding carboxylic acids is 1. The molecule has 1 unspecified atom stereocenters. The second-order valence-corrected chi connectivity index (χ2v) is 7.10. The van der Waals surface area contributed by atoms with E-state index in [2.05, 4.69) is 31.8 Å². The molecule has 120 valence electrons. The highest BCUT2D eigenvalue weighted by molar-refractivity contribution is 6.05. The molecule has 2 aromatic rings. The van der Waals surface area contributed by atoms with Crippen molar-refractivity contribution < 1.29 is 9.21 Å². The van der Waals surface area contributed by atoms with Gasteiger partial charge in [0.05, 0.1) is 16.3 Å². The number of carbonyl (C=O) groups is 1. The van der Waals surface area contributed by atoms with Crippen molar-refractivity contribution in [1.82, 2.24) is 0 Å². The van der Waals surface area contributed by atoms with E-state index >= 15 is 0 Å². The fourth-order valence-electron chi connectivity index (χ4n) is 3.18. The Morgan fingerprint density at radius 1 is 1.35 bits per heavy atom. The number of amides is 1. The van der Waals surface area contributed by atoms with Gasteiger partial charge in [-0.1, -0.05) is 32.9 Å². The number of primary amides is 1. The second kappa shape index (κ2) is 5.37. The summed E-state index contributed by atoms with van der Waals surface area (Å²) in [5, 5.41) is 1.53. The zero-order chi connectivity index (χ0) is 16.8. The molecule has 1 aromatic carbocycles. The Hall–Kier alpha value is -2.36. The molecule has 1 aromatic heterocycles. The molecule has 0 radical (unpaired) electrons. The van der Waals surface area contributed by atoms with Crippen LogP contribution in [0.2, 0.25) is 0 Å². The average molecular weight is 310 g/mol. The maximum atomic E-state index is 11.8. The van der Waals surface area contributed by atoms with Crippen molar-refractivity contribution in [2.75, 3.05) is 7.05 Å². The molecule has 23 heavy (non-hydrogen) atoms. The zero-order valence-electron chi connectivity index (χ0n) is 14.0. The number of rotatable bonds is 1. The monoisotopic (exact) mass is 310 g/mol. The van der Waals surface area contributed by atoms with Crippen LogP contribution in [0.15, 0.2) is 33.7 Å². The molecule has 0 aliphatic heterocycles. The highest BCUT2D eigenvalue weighted by Crippen LogP contribution is 2.35. The van der Waals surface area contributed by atoms with E-state index in [1.54, 1.807) is 19.2 Å². The van der Waals surface area contributed by atoms with Gasteiger partial charge in [0.25, 0.3) is 0 Å². The van der Waals surface area contributed by atoms with Crippen molar-refractivity contribution in [3.05, 3.63) is 46.5 Å². The van der Waals surface area contributed by atoms with Crippen LogP contribution in [-0.4, -0.2) is 13.0 Å². The minimum Gasteiger partial charge on any atom is -0.456 e. The van der Waals surface area contributed by atoms with Crippen LogP contribution in [0, 0.1) is 11.3 Å². The topological polar surface area (TPSA) is 68.6 Å². The van der Waals surface area contributed by atoms with E-state index in [0.717, 1.165) is 23.1 Å². The first kappa shape index (κ1) is 15.5. The second-order valence-electron chi connectivity index (χ2n) is 7.10. The van der Waals surface area contributed by atoms with Crippen molar-refractivity contribution in [2.45, 2.75) is 27.2 Å². The molecule has 0 saturated carbocycles. The number of nitrogens with zero attached hydrogens (tertiary/aromatic N) is 1. The Morgan fingerprint density at radius 3 is 2.70 bits per heavy atom. The van der Waals surface area contributed by atoms with Crippen molar-refractivity contribution in [3.8, 4) is 0 Å². The van der Waals surface area contributed by atoms with Gasteiger partial charge in [-0.2, -0.15) is 0 Å². The molecular formula is C19H22N2O2. The molecule has 4 heteroatoms. The molecule has 4 nitrogen and oxygen atoms in total. The maximum Gasteiger partial charge on any atom is 0.249 e. The molecule has 1 aliphatic carbocycles. The zero-order valence-corrected chi connectivity index (χ0v) is 14.0. The number of benzene rings is 1. The van der Waals surface area contributed by atoms with Gasteiger partial charge < -0.3 is 10.2 Å². The van der Waals surface area contributed by atoms with Crippen molar-refractivity contribution in [3.63, 3.8) is 0 Å². The fraction of sp³-hybridized carbons (Fsp3) is 0.368. The van der Waals surface area contributed by atoms with Gasteiger partial charge in [0, 0.05) is 12.6 Å². The van der Waals surface area contributed by atoms with Gasteiger partial charge in [0.2, 0.25) is 5.91 Å². The number of allylic oxidation sites excluding steroid dienone is 1. The van der Waals surface area contributed by atoms with Crippen LogP contribution in [0.25, 0.3) is 17.0 Å². The molecule has 0 spiro atoms. The van der Waals surface area contributed by atoms with E-state index in [-0.39, 0.29) is 5.41 Å². The lowest BCUT2D eigenvalue weighted by molar-refractivity contribution is 0.100. The Kier molecular flexibility index (Phi) is 3.63. The maximum absolute atomic E-state index is 11.8. The lowest BCUT2D eigenvalue weighted by Gasteiger charge is -2.31. The van der Waals surface area contributed by atoms with Crippen molar-refractivity contribution in [1.29, 1.82) is 0 Å². The summed E-state index contributed by atoms with van der Waals surface area (Å²) in [4.78, 5) is 16.3. The van der Waals surface area contributed by atoms with Gasteiger partial charge in [0.15, 0.2) is 0 Å². The smallest absolute Gasteiger partial charge is 0.249 e. The first-order chi connectivity index (χ1) is 10.8. The van der Waals surface area contributed by atoms with Gasteiger partial charge in [-0.05, 0) is 36.0 Å². The molecule has 0 fully saturated rings. The summed E-state index contributed by atoms with van der Waals surface area (Å²) in [5.74, 6) is 0.749. The van der Waals surface area contributed by atoms with Crippen molar-refractivity contribution in [2.24, 2.45) is 22.1 Å². The van der Waals surface area contributed by atoms with Gasteiger partial charge in [-0.25, -0.2) is 0 Å². The summed E-state index contributed by atoms with van der Waals surface area (Å²) < 4.78 is 6.02. The first-order valence-corrected chi connectivity index (χ1v) is 7.82. The standard InChI is InChI=1S/C19H22N2O2/c1-19(2,3)11-8-9-14-13(10-11)17(21-4)16-12(18(20)22)6-5-7-15(16)23-14/h5-9,11H,10H2,1-4H3,(H2,20,22). The number of hydrogen-bond acceptors (Lipinski definition) is 3. The van der Waals surface area contributed by atoms with E-state index in [1.165, 1.54) is 0 Å². The summed E-state index contributed by atoms with van der Waals surface area (Å²) in [7, 11) is 1.75. The highest BCUT2D eigenvalue weighted by Gasteiger charge is 2.28. The minimum absolute atomic E-state index is 0.150. The van der Waals surface area contributed by atoms with Crippen LogP contribution < -0.4 is 11.1 Å². The number of hydrogen-bond donors (Lipinski definition) is 1. The fourth-order valence-corrected chi connectivity index (χ4v) is 3.18. The third kappa shape index (κ3) is 2.58. The van der Waals surface area contributed by atoms with Gasteiger partial charge >= 0.3 is 0 Å². The summed E-state index contributed by atoms with van der Waals surface area (Å²) in [5.41, 5.74) is 7.84. The SMILES string of the molecule is CN=c1c2c(oc3cccc(C(N)=O)c13)C=CC(C(C)(C)C)C2. The molecule has 0 saturated heterocycles. The predicted molar refractivity (Wildman–Crippen MR) is 91.9 cm³/mol. The van der Waals surface area contributed by atoms with Crippen LogP contribution in [0.4, 0.5) is 0 Å². The third-order valence-electron chi connectivity index (χ3n) is 4.57. The molecule has 2 N–H and O–H groups in total. The Balaban J connectivity index is 2.35. The first-order valence-electron chi connectivity index (χ1n) is 7.82. The molecule has 1 atom stereocenters. The lowest BCUT2D eigenvalue weighted by Crippen LogP contribution is -2.28. The van der Waals surface area contributed by atoms with Crippen molar-refractivity contribution >= 4 is 23.0 Å². The van der Waals surface area contributed by atoms with Crippen LogP contribution in [0.5, 0.6) is 0 Å². The third-order valence-corrected chi connectivity index (χ3v) is 4.57. The summed E-state index contributed by atoms with van der Waals surface area (Å²) in [6.07, 6.45) is 5.07. The molecule has 1 aliphatic rings. The normalized spacial score (nSPS) is 18.3. The molecule has 3 rings (SSSR count). The predicted octanol–water partition coefficient (Wildman–Crippen LogP) is 3.29. The average Bonchev–Trinajstić information content (AvgIpc) is 2.50. The lowest BCUT2D eigenvalue weighted by atomic mass is 9.75. The van der Waals surface area contributed by atoms with Gasteiger partial charge in [-0.3, -0.25) is 9.79 Å². The Bertz CT molecular complexity index is 883. The molecular weight excluding hydrogens is 288 g/mol. The largest absolute Gasteiger partial charge is 0.456 e. The summed E-state index contributed by atoms with van der Waals surface area (Å²) >= 11 is 0. The highest BCUT2D eigenvalue weighted by atomic mass is 16.3. The molecule has 0 bridgehead atoms. The number of nitrogens with two attached hydrogens (primary N) is 1. The summed E-state index contributed by atoms with van der Waals surface area (Å²) in [6, 6.07) is 5.35. The number of fused-ring (bicyclic) bond motifs is 2. The van der Waals surface area contributed by atoms with Gasteiger partial charge in [-0.15, -0.1) is 0 Å². The Morgan fingerprint density at radius 2 is 2.09 bits per heavy atom. The summed E-state index contributed by atoms with van der Waals surface area (Å²) in [6.45, 7) is 6.67.